The van der Waals surface area contributed by atoms with Gasteiger partial charge in [0, 0.05) is 6.20 Å². The normalized spacial score (nSPS) is 26.2. The van der Waals surface area contributed by atoms with E-state index in [1.165, 1.54) is 4.90 Å². The lowest BCUT2D eigenvalue weighted by Gasteiger charge is -2.34. The van der Waals surface area contributed by atoms with Gasteiger partial charge in [-0.25, -0.2) is 4.90 Å². The summed E-state index contributed by atoms with van der Waals surface area (Å²) in [7, 11) is 0. The number of rotatable bonds is 2. The molecule has 2 N–H and O–H groups in total. The van der Waals surface area contributed by atoms with E-state index in [-0.39, 0.29) is 11.8 Å². The molecule has 152 valence electrons. The van der Waals surface area contributed by atoms with E-state index in [0.717, 1.165) is 21.9 Å². The van der Waals surface area contributed by atoms with Gasteiger partial charge in [-0.15, -0.1) is 0 Å². The van der Waals surface area contributed by atoms with Crippen molar-refractivity contribution in [1.29, 1.82) is 0 Å². The van der Waals surface area contributed by atoms with Crippen LogP contribution >= 0.6 is 0 Å². The van der Waals surface area contributed by atoms with E-state index < -0.39 is 29.8 Å². The van der Waals surface area contributed by atoms with E-state index >= 15 is 0 Å². The van der Waals surface area contributed by atoms with Crippen molar-refractivity contribution < 1.29 is 14.4 Å². The van der Waals surface area contributed by atoms with Crippen LogP contribution in [-0.4, -0.2) is 28.7 Å². The zero-order valence-corrected chi connectivity index (χ0v) is 16.5. The van der Waals surface area contributed by atoms with Crippen LogP contribution in [0, 0.1) is 11.8 Å². The zero-order chi connectivity index (χ0) is 21.3. The average molecular weight is 409 g/mol. The summed E-state index contributed by atoms with van der Waals surface area (Å²) in [6, 6.07) is 19.8. The van der Waals surface area contributed by atoms with Crippen LogP contribution in [0.5, 0.6) is 0 Å². The number of imide groups is 1. The maximum absolute atomic E-state index is 13.7. The number of fused-ring (bicyclic) bond motifs is 6. The van der Waals surface area contributed by atoms with Crippen LogP contribution < -0.4 is 10.6 Å². The molecule has 3 amide bonds. The highest BCUT2D eigenvalue weighted by molar-refractivity contribution is 6.24. The molecule has 2 fully saturated rings. The van der Waals surface area contributed by atoms with Gasteiger partial charge < -0.3 is 10.6 Å². The molecule has 0 aromatic heterocycles. The number of hydrogen-bond acceptors (Lipinski definition) is 4. The fourth-order valence-electron chi connectivity index (χ4n) is 5.45. The molecule has 6 heteroatoms. The summed E-state index contributed by atoms with van der Waals surface area (Å²) in [5.41, 5.74) is 8.19. The highest BCUT2D eigenvalue weighted by Gasteiger charge is 2.64. The Bertz CT molecular complexity index is 1310. The van der Waals surface area contributed by atoms with Crippen molar-refractivity contribution in [2.24, 2.45) is 17.6 Å². The largest absolute Gasteiger partial charge is 0.368 e. The molecular weight excluding hydrogens is 390 g/mol. The standard InChI is InChI=1S/C25H19N3O3/c26-23(29)22-20-19(21-18-8-4-3-6-15(18)11-12-27(21)22)24(30)28(25(20)31)17-10-9-14-5-1-2-7-16(14)13-17/h1-13,19-22H,(H2,26,29)/t19-,20+,21+,22-/m0/s1. The first-order valence-electron chi connectivity index (χ1n) is 10.3. The molecule has 2 saturated heterocycles. The van der Waals surface area contributed by atoms with Crippen molar-refractivity contribution in [3.63, 3.8) is 0 Å². The lowest BCUT2D eigenvalue weighted by atomic mass is 9.84. The molecule has 0 bridgehead atoms. The first-order valence-corrected chi connectivity index (χ1v) is 10.3. The first-order chi connectivity index (χ1) is 15.1. The zero-order valence-electron chi connectivity index (χ0n) is 16.5. The Kier molecular flexibility index (Phi) is 3.63. The highest BCUT2D eigenvalue weighted by atomic mass is 16.2. The fraction of sp³-hybridized carbons (Fsp3) is 0.160. The van der Waals surface area contributed by atoms with Crippen LogP contribution in [0.3, 0.4) is 0 Å². The van der Waals surface area contributed by atoms with Gasteiger partial charge in [0.15, 0.2) is 0 Å². The maximum atomic E-state index is 13.7. The fourth-order valence-corrected chi connectivity index (χ4v) is 5.45. The second-order valence-corrected chi connectivity index (χ2v) is 8.28. The number of hydrogen-bond donors (Lipinski definition) is 1. The predicted octanol–water partition coefficient (Wildman–Crippen LogP) is 2.84. The van der Waals surface area contributed by atoms with Gasteiger partial charge in [0.05, 0.1) is 23.6 Å². The third kappa shape index (κ3) is 2.36. The van der Waals surface area contributed by atoms with E-state index in [1.54, 1.807) is 17.2 Å². The van der Waals surface area contributed by atoms with Crippen LogP contribution in [0.15, 0.2) is 72.9 Å². The molecule has 3 aliphatic heterocycles. The van der Waals surface area contributed by atoms with Crippen LogP contribution in [0.1, 0.15) is 17.2 Å². The van der Waals surface area contributed by atoms with Gasteiger partial charge >= 0.3 is 0 Å². The summed E-state index contributed by atoms with van der Waals surface area (Å²) in [4.78, 5) is 42.7. The molecule has 3 heterocycles. The molecule has 3 aromatic carbocycles. The summed E-state index contributed by atoms with van der Waals surface area (Å²) < 4.78 is 0. The Morgan fingerprint density at radius 3 is 2.35 bits per heavy atom. The van der Waals surface area contributed by atoms with Crippen molar-refractivity contribution >= 4 is 40.3 Å². The second kappa shape index (κ2) is 6.28. The Morgan fingerprint density at radius 1 is 0.839 bits per heavy atom. The van der Waals surface area contributed by atoms with E-state index in [0.29, 0.717) is 5.69 Å². The number of anilines is 1. The van der Waals surface area contributed by atoms with Gasteiger partial charge in [-0.05, 0) is 40.1 Å². The molecular formula is C25H19N3O3. The van der Waals surface area contributed by atoms with Crippen molar-refractivity contribution in [1.82, 2.24) is 4.90 Å². The minimum absolute atomic E-state index is 0.283. The molecule has 31 heavy (non-hydrogen) atoms. The van der Waals surface area contributed by atoms with Crippen molar-refractivity contribution in [2.75, 3.05) is 4.90 Å². The Hall–Kier alpha value is -3.93. The molecule has 0 saturated carbocycles. The summed E-state index contributed by atoms with van der Waals surface area (Å²) in [5.74, 6) is -2.72. The SMILES string of the molecule is NC(=O)[C@@H]1[C@@H]2C(=O)N(c3ccc4ccccc4c3)C(=O)[C@@H]2[C@H]2c3ccccc3C=CN12. The molecule has 6 rings (SSSR count). The van der Waals surface area contributed by atoms with Gasteiger partial charge in [0.1, 0.15) is 6.04 Å². The Balaban J connectivity index is 1.49. The van der Waals surface area contributed by atoms with Gasteiger partial charge in [-0.3, -0.25) is 14.4 Å². The topological polar surface area (TPSA) is 83.7 Å². The first kappa shape index (κ1) is 17.9. The van der Waals surface area contributed by atoms with Crippen LogP contribution in [0.4, 0.5) is 5.69 Å². The second-order valence-electron chi connectivity index (χ2n) is 8.28. The number of amides is 3. The molecule has 0 unspecified atom stereocenters. The third-order valence-electron chi connectivity index (χ3n) is 6.74. The van der Waals surface area contributed by atoms with Crippen LogP contribution in [0.2, 0.25) is 0 Å². The summed E-state index contributed by atoms with van der Waals surface area (Å²) in [6.45, 7) is 0. The van der Waals surface area contributed by atoms with Crippen molar-refractivity contribution in [3.8, 4) is 0 Å². The summed E-state index contributed by atoms with van der Waals surface area (Å²) in [6.07, 6.45) is 3.69. The van der Waals surface area contributed by atoms with Crippen LogP contribution in [0.25, 0.3) is 16.8 Å². The lowest BCUT2D eigenvalue weighted by Crippen LogP contribution is -2.46. The van der Waals surface area contributed by atoms with Crippen molar-refractivity contribution in [3.05, 3.63) is 84.1 Å². The maximum Gasteiger partial charge on any atom is 0.240 e. The van der Waals surface area contributed by atoms with Crippen LogP contribution in [-0.2, 0) is 14.4 Å². The summed E-state index contributed by atoms with van der Waals surface area (Å²) >= 11 is 0. The Morgan fingerprint density at radius 2 is 1.55 bits per heavy atom. The van der Waals surface area contributed by atoms with E-state index in [4.69, 9.17) is 5.73 Å². The van der Waals surface area contributed by atoms with Gasteiger partial charge in [0.2, 0.25) is 17.7 Å². The quantitative estimate of drug-likeness (QED) is 0.660. The number of carbonyl (C=O) groups excluding carboxylic acids is 3. The third-order valence-corrected chi connectivity index (χ3v) is 6.74. The van der Waals surface area contributed by atoms with E-state index in [1.807, 2.05) is 66.7 Å². The molecule has 0 spiro atoms. The molecule has 0 aliphatic carbocycles. The molecule has 3 aromatic rings. The number of benzene rings is 3. The molecule has 6 nitrogen and oxygen atoms in total. The van der Waals surface area contributed by atoms with Crippen molar-refractivity contribution in [2.45, 2.75) is 12.1 Å². The van der Waals surface area contributed by atoms with Gasteiger partial charge in [-0.1, -0.05) is 54.6 Å². The lowest BCUT2D eigenvalue weighted by molar-refractivity contribution is -0.129. The number of nitrogens with two attached hydrogens (primary N) is 1. The molecule has 0 radical (unpaired) electrons. The number of primary amides is 1. The predicted molar refractivity (Wildman–Crippen MR) is 116 cm³/mol. The minimum Gasteiger partial charge on any atom is -0.368 e. The van der Waals surface area contributed by atoms with E-state index in [2.05, 4.69) is 0 Å². The monoisotopic (exact) mass is 409 g/mol. The molecule has 3 aliphatic rings. The minimum atomic E-state index is -0.860. The van der Waals surface area contributed by atoms with E-state index in [9.17, 15) is 14.4 Å². The number of carbonyl (C=O) groups is 3. The molecule has 4 atom stereocenters. The summed E-state index contributed by atoms with van der Waals surface area (Å²) in [5, 5.41) is 1.97. The number of nitrogens with zero attached hydrogens (tertiary/aromatic N) is 2. The highest BCUT2D eigenvalue weighted by Crippen LogP contribution is 2.53. The van der Waals surface area contributed by atoms with Gasteiger partial charge in [0.25, 0.3) is 0 Å². The Labute approximate surface area is 178 Å². The van der Waals surface area contributed by atoms with Gasteiger partial charge in [-0.2, -0.15) is 0 Å². The smallest absolute Gasteiger partial charge is 0.240 e. The average Bonchev–Trinajstić information content (AvgIpc) is 3.26.